The smallest absolute Gasteiger partial charge is 0.289 e. The Morgan fingerprint density at radius 1 is 1.22 bits per heavy atom. The maximum atomic E-state index is 12.6. The van der Waals surface area contributed by atoms with E-state index in [4.69, 9.17) is 13.9 Å². The zero-order valence-corrected chi connectivity index (χ0v) is 15.3. The van der Waals surface area contributed by atoms with E-state index in [1.54, 1.807) is 48.4 Å². The van der Waals surface area contributed by atoms with E-state index in [1.807, 2.05) is 0 Å². The molecule has 0 saturated carbocycles. The molecule has 7 heteroatoms. The third-order valence-electron chi connectivity index (χ3n) is 4.49. The summed E-state index contributed by atoms with van der Waals surface area (Å²) in [6.07, 6.45) is 3.02. The Morgan fingerprint density at radius 2 is 2.04 bits per heavy atom. The second-order valence-corrected chi connectivity index (χ2v) is 6.42. The standard InChI is InChI=1S/C20H24N2O5/c1-25-12-13-26-17-8-6-16(7-9-17)21-19(23)15-4-2-10-22(14-15)20(24)18-5-3-11-27-18/h3,5-9,11,15H,2,4,10,12-14H2,1H3,(H,21,23). The van der Waals surface area contributed by atoms with Gasteiger partial charge in [0.05, 0.1) is 18.8 Å². The Kier molecular flexibility index (Phi) is 6.49. The number of methoxy groups -OCH3 is 1. The van der Waals surface area contributed by atoms with Crippen molar-refractivity contribution in [3.63, 3.8) is 0 Å². The number of furan rings is 1. The van der Waals surface area contributed by atoms with Gasteiger partial charge in [-0.3, -0.25) is 9.59 Å². The summed E-state index contributed by atoms with van der Waals surface area (Å²) in [4.78, 5) is 26.7. The molecule has 3 rings (SSSR count). The molecule has 1 aromatic carbocycles. The largest absolute Gasteiger partial charge is 0.491 e. The number of nitrogens with one attached hydrogen (secondary N) is 1. The van der Waals surface area contributed by atoms with Gasteiger partial charge in [0.25, 0.3) is 5.91 Å². The average Bonchev–Trinajstić information content (AvgIpc) is 3.24. The highest BCUT2D eigenvalue weighted by molar-refractivity contribution is 5.95. The second kappa shape index (κ2) is 9.23. The number of carbonyl (C=O) groups excluding carboxylic acids is 2. The fourth-order valence-corrected chi connectivity index (χ4v) is 3.05. The first-order valence-corrected chi connectivity index (χ1v) is 9.03. The summed E-state index contributed by atoms with van der Waals surface area (Å²) in [7, 11) is 1.62. The Balaban J connectivity index is 1.53. The number of rotatable bonds is 7. The number of anilines is 1. The molecule has 1 atom stereocenters. The molecule has 27 heavy (non-hydrogen) atoms. The fraction of sp³-hybridized carbons (Fsp3) is 0.400. The third kappa shape index (κ3) is 5.10. The monoisotopic (exact) mass is 372 g/mol. The van der Waals surface area contributed by atoms with E-state index in [9.17, 15) is 9.59 Å². The number of amides is 2. The summed E-state index contributed by atoms with van der Waals surface area (Å²) in [5.41, 5.74) is 0.702. The van der Waals surface area contributed by atoms with E-state index in [0.717, 1.165) is 18.6 Å². The zero-order chi connectivity index (χ0) is 19.1. The maximum absolute atomic E-state index is 12.6. The third-order valence-corrected chi connectivity index (χ3v) is 4.49. The molecule has 2 amide bonds. The Labute approximate surface area is 158 Å². The molecule has 1 N–H and O–H groups in total. The number of benzene rings is 1. The lowest BCUT2D eigenvalue weighted by Crippen LogP contribution is -2.43. The molecule has 1 aromatic heterocycles. The van der Waals surface area contributed by atoms with Crippen LogP contribution in [0, 0.1) is 5.92 Å². The minimum atomic E-state index is -0.240. The van der Waals surface area contributed by atoms with E-state index in [-0.39, 0.29) is 17.7 Å². The van der Waals surface area contributed by atoms with Crippen LogP contribution in [0.2, 0.25) is 0 Å². The van der Waals surface area contributed by atoms with Crippen molar-refractivity contribution < 1.29 is 23.5 Å². The molecule has 0 aliphatic carbocycles. The predicted molar refractivity (Wildman–Crippen MR) is 99.8 cm³/mol. The minimum Gasteiger partial charge on any atom is -0.491 e. The molecule has 1 fully saturated rings. The van der Waals surface area contributed by atoms with Crippen molar-refractivity contribution in [1.82, 2.24) is 4.90 Å². The molecule has 144 valence electrons. The van der Waals surface area contributed by atoms with E-state index in [1.165, 1.54) is 6.26 Å². The molecule has 2 aromatic rings. The highest BCUT2D eigenvalue weighted by Crippen LogP contribution is 2.22. The summed E-state index contributed by atoms with van der Waals surface area (Å²) in [5.74, 6) is 0.531. The molecular formula is C20H24N2O5. The van der Waals surface area contributed by atoms with Gasteiger partial charge in [0.15, 0.2) is 5.76 Å². The molecule has 7 nitrogen and oxygen atoms in total. The van der Waals surface area contributed by atoms with Crippen molar-refractivity contribution in [3.8, 4) is 5.75 Å². The molecule has 1 saturated heterocycles. The van der Waals surface area contributed by atoms with Crippen molar-refractivity contribution in [2.24, 2.45) is 5.92 Å². The van der Waals surface area contributed by atoms with Gasteiger partial charge in [-0.15, -0.1) is 0 Å². The number of nitrogens with zero attached hydrogens (tertiary/aromatic N) is 1. The fourth-order valence-electron chi connectivity index (χ4n) is 3.05. The van der Waals surface area contributed by atoms with Crippen LogP contribution >= 0.6 is 0 Å². The number of hydrogen-bond donors (Lipinski definition) is 1. The minimum absolute atomic E-state index is 0.0833. The lowest BCUT2D eigenvalue weighted by atomic mass is 9.96. The van der Waals surface area contributed by atoms with Crippen LogP contribution in [0.1, 0.15) is 23.4 Å². The highest BCUT2D eigenvalue weighted by atomic mass is 16.5. The lowest BCUT2D eigenvalue weighted by Gasteiger charge is -2.31. The first-order valence-electron chi connectivity index (χ1n) is 9.03. The highest BCUT2D eigenvalue weighted by Gasteiger charge is 2.29. The molecule has 0 radical (unpaired) electrons. The van der Waals surface area contributed by atoms with E-state index in [2.05, 4.69) is 5.32 Å². The summed E-state index contributed by atoms with van der Waals surface area (Å²) in [6.45, 7) is 2.03. The summed E-state index contributed by atoms with van der Waals surface area (Å²) in [6, 6.07) is 10.5. The average molecular weight is 372 g/mol. The van der Waals surface area contributed by atoms with Crippen LogP contribution in [0.3, 0.4) is 0 Å². The predicted octanol–water partition coefficient (Wildman–Crippen LogP) is 2.80. The van der Waals surface area contributed by atoms with Crippen LogP contribution in [0.15, 0.2) is 47.1 Å². The van der Waals surface area contributed by atoms with Crippen LogP contribution < -0.4 is 10.1 Å². The number of piperidine rings is 1. The van der Waals surface area contributed by atoms with Crippen molar-refractivity contribution in [1.29, 1.82) is 0 Å². The van der Waals surface area contributed by atoms with Gasteiger partial charge in [-0.25, -0.2) is 0 Å². The topological polar surface area (TPSA) is 81.0 Å². The number of hydrogen-bond acceptors (Lipinski definition) is 5. The van der Waals surface area contributed by atoms with Crippen LogP contribution in [-0.2, 0) is 9.53 Å². The normalized spacial score (nSPS) is 16.8. The second-order valence-electron chi connectivity index (χ2n) is 6.42. The van der Waals surface area contributed by atoms with E-state index in [0.29, 0.717) is 37.8 Å². The number of carbonyl (C=O) groups is 2. The number of likely N-dealkylation sites (tertiary alicyclic amines) is 1. The van der Waals surface area contributed by atoms with Crippen LogP contribution in [0.25, 0.3) is 0 Å². The van der Waals surface area contributed by atoms with Crippen LogP contribution in [-0.4, -0.2) is 50.1 Å². The van der Waals surface area contributed by atoms with Crippen molar-refractivity contribution in [2.75, 3.05) is 38.7 Å². The van der Waals surface area contributed by atoms with Gasteiger partial charge in [0.1, 0.15) is 12.4 Å². The molecule has 1 aliphatic heterocycles. The molecular weight excluding hydrogens is 348 g/mol. The van der Waals surface area contributed by atoms with Crippen molar-refractivity contribution in [2.45, 2.75) is 12.8 Å². The lowest BCUT2D eigenvalue weighted by molar-refractivity contribution is -0.121. The molecule has 0 spiro atoms. The summed E-state index contributed by atoms with van der Waals surface area (Å²) >= 11 is 0. The maximum Gasteiger partial charge on any atom is 0.289 e. The Bertz CT molecular complexity index is 742. The van der Waals surface area contributed by atoms with Gasteiger partial charge in [-0.2, -0.15) is 0 Å². The Morgan fingerprint density at radius 3 is 2.74 bits per heavy atom. The Hall–Kier alpha value is -2.80. The van der Waals surface area contributed by atoms with Gasteiger partial charge < -0.3 is 24.1 Å². The summed E-state index contributed by atoms with van der Waals surface area (Å²) in [5, 5.41) is 2.92. The van der Waals surface area contributed by atoms with Gasteiger partial charge in [0.2, 0.25) is 5.91 Å². The zero-order valence-electron chi connectivity index (χ0n) is 15.3. The molecule has 0 bridgehead atoms. The van der Waals surface area contributed by atoms with Crippen LogP contribution in [0.4, 0.5) is 5.69 Å². The SMILES string of the molecule is COCCOc1ccc(NC(=O)C2CCCN(C(=O)c3ccco3)C2)cc1. The van der Waals surface area contributed by atoms with Crippen molar-refractivity contribution >= 4 is 17.5 Å². The summed E-state index contributed by atoms with van der Waals surface area (Å²) < 4.78 is 15.6. The van der Waals surface area contributed by atoms with E-state index < -0.39 is 0 Å². The van der Waals surface area contributed by atoms with Gasteiger partial charge in [0, 0.05) is 25.9 Å². The first-order chi connectivity index (χ1) is 13.2. The van der Waals surface area contributed by atoms with Gasteiger partial charge >= 0.3 is 0 Å². The quantitative estimate of drug-likeness (QED) is 0.756. The van der Waals surface area contributed by atoms with Gasteiger partial charge in [-0.05, 0) is 49.2 Å². The number of ether oxygens (including phenoxy) is 2. The van der Waals surface area contributed by atoms with Crippen LogP contribution in [0.5, 0.6) is 5.75 Å². The first kappa shape index (κ1) is 19.0. The van der Waals surface area contributed by atoms with Gasteiger partial charge in [-0.1, -0.05) is 0 Å². The molecule has 1 aliphatic rings. The van der Waals surface area contributed by atoms with Crippen molar-refractivity contribution in [3.05, 3.63) is 48.4 Å². The molecule has 1 unspecified atom stereocenters. The molecule has 2 heterocycles. The van der Waals surface area contributed by atoms with E-state index >= 15 is 0 Å².